The van der Waals surface area contributed by atoms with E-state index in [1.165, 1.54) is 64.5 Å². The van der Waals surface area contributed by atoms with E-state index >= 15 is 0 Å². The first kappa shape index (κ1) is 20.0. The number of aromatic nitrogens is 5. The molecular weight excluding hydrogens is 400 g/mol. The molecule has 170 valence electrons. The maximum atomic E-state index is 4.86. The third-order valence-corrected chi connectivity index (χ3v) is 8.05. The second kappa shape index (κ2) is 7.76. The van der Waals surface area contributed by atoms with Gasteiger partial charge in [0.05, 0.1) is 17.4 Å². The minimum atomic E-state index is 0.463. The Kier molecular flexibility index (Phi) is 4.86. The van der Waals surface area contributed by atoms with Crippen LogP contribution in [0.15, 0.2) is 24.7 Å². The van der Waals surface area contributed by atoms with E-state index in [2.05, 4.69) is 44.5 Å². The van der Waals surface area contributed by atoms with Gasteiger partial charge in [0.1, 0.15) is 5.52 Å². The summed E-state index contributed by atoms with van der Waals surface area (Å²) in [7, 11) is 3.97. The van der Waals surface area contributed by atoms with Crippen molar-refractivity contribution in [2.24, 2.45) is 19.5 Å². The molecule has 0 atom stereocenters. The summed E-state index contributed by atoms with van der Waals surface area (Å²) in [5.41, 5.74) is 3.68. The highest BCUT2D eigenvalue weighted by Crippen LogP contribution is 2.54. The molecule has 2 saturated carbocycles. The molecule has 32 heavy (non-hydrogen) atoms. The number of rotatable bonds is 5. The number of hydrogen-bond donors (Lipinski definition) is 2. The quantitative estimate of drug-likeness (QED) is 0.631. The van der Waals surface area contributed by atoms with E-state index in [1.54, 1.807) is 10.9 Å². The van der Waals surface area contributed by atoms with E-state index < -0.39 is 0 Å². The molecule has 1 saturated heterocycles. The molecule has 1 aliphatic heterocycles. The molecule has 3 aliphatic rings. The van der Waals surface area contributed by atoms with Gasteiger partial charge in [0.15, 0.2) is 5.82 Å². The van der Waals surface area contributed by atoms with Crippen molar-refractivity contribution in [1.29, 1.82) is 0 Å². The summed E-state index contributed by atoms with van der Waals surface area (Å²) in [5.74, 6) is 1.53. The Labute approximate surface area is 189 Å². The molecule has 3 aromatic rings. The van der Waals surface area contributed by atoms with Gasteiger partial charge in [-0.05, 0) is 75.9 Å². The fourth-order valence-corrected chi connectivity index (χ4v) is 5.78. The van der Waals surface area contributed by atoms with Crippen molar-refractivity contribution < 1.29 is 0 Å². The molecule has 6 rings (SSSR count). The molecule has 1 spiro atoms. The van der Waals surface area contributed by atoms with Gasteiger partial charge in [-0.3, -0.25) is 4.68 Å². The van der Waals surface area contributed by atoms with Crippen LogP contribution in [-0.2, 0) is 14.1 Å². The third kappa shape index (κ3) is 3.85. The normalized spacial score (nSPS) is 25.3. The fraction of sp³-hybridized carbons (Fsp3) is 0.625. The van der Waals surface area contributed by atoms with Crippen molar-refractivity contribution in [2.75, 3.05) is 23.7 Å². The SMILES string of the molecule is Cn1cc(Nc2nc(N[C@H]3CC[C@H](N4CCC5(CC4)CC5)CC3)c3c(ccn3C)n2)cn1. The molecule has 4 heterocycles. The Morgan fingerprint density at radius 1 is 1.00 bits per heavy atom. The molecule has 0 unspecified atom stereocenters. The summed E-state index contributed by atoms with van der Waals surface area (Å²) in [6, 6.07) is 3.29. The van der Waals surface area contributed by atoms with Gasteiger partial charge in [0.25, 0.3) is 0 Å². The maximum absolute atomic E-state index is 4.86. The molecule has 2 N–H and O–H groups in total. The van der Waals surface area contributed by atoms with Gasteiger partial charge >= 0.3 is 0 Å². The van der Waals surface area contributed by atoms with Crippen molar-refractivity contribution in [3.8, 4) is 0 Å². The standard InChI is InChI=1S/C24H34N8/c1-30-12-7-20-21(30)22(29-23(28-20)27-18-15-25-31(2)16-18)26-17-3-5-19(6-4-17)32-13-10-24(8-9-24)11-14-32/h7,12,15-17,19H,3-6,8-11,13-14H2,1-2H3,(H2,26,27,28,29)/t17-,19-. The number of anilines is 3. The van der Waals surface area contributed by atoms with E-state index in [0.29, 0.717) is 12.0 Å². The molecule has 3 aromatic heterocycles. The van der Waals surface area contributed by atoms with Crippen LogP contribution in [0.2, 0.25) is 0 Å². The largest absolute Gasteiger partial charge is 0.365 e. The van der Waals surface area contributed by atoms with Crippen LogP contribution < -0.4 is 10.6 Å². The summed E-state index contributed by atoms with van der Waals surface area (Å²) in [6.45, 7) is 2.64. The van der Waals surface area contributed by atoms with Gasteiger partial charge in [-0.1, -0.05) is 0 Å². The number of likely N-dealkylation sites (tertiary alicyclic amines) is 1. The maximum Gasteiger partial charge on any atom is 0.229 e. The first-order valence-electron chi connectivity index (χ1n) is 12.2. The molecule has 0 amide bonds. The molecule has 2 aliphatic carbocycles. The highest BCUT2D eigenvalue weighted by molar-refractivity contribution is 5.88. The van der Waals surface area contributed by atoms with Crippen molar-refractivity contribution in [3.05, 3.63) is 24.7 Å². The van der Waals surface area contributed by atoms with Crippen LogP contribution in [0.1, 0.15) is 51.4 Å². The van der Waals surface area contributed by atoms with Crippen LogP contribution in [0.25, 0.3) is 11.0 Å². The van der Waals surface area contributed by atoms with Crippen molar-refractivity contribution in [2.45, 2.75) is 63.5 Å². The lowest BCUT2D eigenvalue weighted by Gasteiger charge is -2.41. The smallest absolute Gasteiger partial charge is 0.229 e. The Morgan fingerprint density at radius 3 is 2.47 bits per heavy atom. The highest BCUT2D eigenvalue weighted by Gasteiger charge is 2.45. The number of fused-ring (bicyclic) bond motifs is 1. The molecule has 0 aromatic carbocycles. The minimum Gasteiger partial charge on any atom is -0.365 e. The molecular formula is C24H34N8. The number of nitrogens with zero attached hydrogens (tertiary/aromatic N) is 6. The number of aryl methyl sites for hydroxylation is 2. The van der Waals surface area contributed by atoms with Gasteiger partial charge in [0, 0.05) is 38.6 Å². The van der Waals surface area contributed by atoms with Crippen LogP contribution in [0.3, 0.4) is 0 Å². The molecule has 0 radical (unpaired) electrons. The van der Waals surface area contributed by atoms with Gasteiger partial charge in [-0.2, -0.15) is 10.1 Å². The number of piperidine rings is 1. The van der Waals surface area contributed by atoms with E-state index in [4.69, 9.17) is 9.97 Å². The second-order valence-electron chi connectivity index (χ2n) is 10.3. The summed E-state index contributed by atoms with van der Waals surface area (Å²) in [4.78, 5) is 12.4. The van der Waals surface area contributed by atoms with Crippen molar-refractivity contribution >= 4 is 28.5 Å². The third-order valence-electron chi connectivity index (χ3n) is 8.05. The van der Waals surface area contributed by atoms with Crippen LogP contribution >= 0.6 is 0 Å². The van der Waals surface area contributed by atoms with Gasteiger partial charge in [-0.15, -0.1) is 0 Å². The summed E-state index contributed by atoms with van der Waals surface area (Å²) in [6.07, 6.45) is 16.6. The zero-order valence-corrected chi connectivity index (χ0v) is 19.2. The Bertz CT molecular complexity index is 1090. The lowest BCUT2D eigenvalue weighted by Crippen LogP contribution is -2.45. The summed E-state index contributed by atoms with van der Waals surface area (Å²) < 4.78 is 3.88. The fourth-order valence-electron chi connectivity index (χ4n) is 5.78. The van der Waals surface area contributed by atoms with Crippen LogP contribution in [0, 0.1) is 5.41 Å². The first-order valence-corrected chi connectivity index (χ1v) is 12.2. The van der Waals surface area contributed by atoms with Gasteiger partial charge in [0.2, 0.25) is 5.95 Å². The first-order chi connectivity index (χ1) is 15.6. The predicted molar refractivity (Wildman–Crippen MR) is 127 cm³/mol. The van der Waals surface area contributed by atoms with Crippen molar-refractivity contribution in [1.82, 2.24) is 29.2 Å². The lowest BCUT2D eigenvalue weighted by molar-refractivity contribution is 0.0975. The van der Waals surface area contributed by atoms with Gasteiger partial charge < -0.3 is 20.1 Å². The zero-order valence-electron chi connectivity index (χ0n) is 19.2. The topological polar surface area (TPSA) is 75.8 Å². The van der Waals surface area contributed by atoms with E-state index in [-0.39, 0.29) is 0 Å². The minimum absolute atomic E-state index is 0.463. The highest BCUT2D eigenvalue weighted by atomic mass is 15.3. The predicted octanol–water partition coefficient (Wildman–Crippen LogP) is 4.04. The Morgan fingerprint density at radius 2 is 1.78 bits per heavy atom. The van der Waals surface area contributed by atoms with Crippen LogP contribution in [0.5, 0.6) is 0 Å². The molecule has 8 heteroatoms. The summed E-state index contributed by atoms with van der Waals surface area (Å²) >= 11 is 0. The monoisotopic (exact) mass is 434 g/mol. The van der Waals surface area contributed by atoms with E-state index in [1.807, 2.05) is 13.2 Å². The van der Waals surface area contributed by atoms with E-state index in [0.717, 1.165) is 34.0 Å². The lowest BCUT2D eigenvalue weighted by atomic mass is 9.87. The molecule has 3 fully saturated rings. The van der Waals surface area contributed by atoms with Crippen molar-refractivity contribution in [3.63, 3.8) is 0 Å². The molecule has 0 bridgehead atoms. The number of hydrogen-bond acceptors (Lipinski definition) is 6. The average Bonchev–Trinajstić information content (AvgIpc) is 3.24. The molecule has 8 nitrogen and oxygen atoms in total. The van der Waals surface area contributed by atoms with Crippen LogP contribution in [0.4, 0.5) is 17.5 Å². The Balaban J connectivity index is 1.14. The van der Waals surface area contributed by atoms with E-state index in [9.17, 15) is 0 Å². The number of nitrogens with one attached hydrogen (secondary N) is 2. The summed E-state index contributed by atoms with van der Waals surface area (Å²) in [5, 5.41) is 11.3. The Hall–Kier alpha value is -2.61. The average molecular weight is 435 g/mol. The second-order valence-corrected chi connectivity index (χ2v) is 10.3. The van der Waals surface area contributed by atoms with Gasteiger partial charge in [-0.25, -0.2) is 4.98 Å². The van der Waals surface area contributed by atoms with Crippen LogP contribution in [-0.4, -0.2) is 54.4 Å². The zero-order chi connectivity index (χ0) is 21.7.